The van der Waals surface area contributed by atoms with Crippen LogP contribution in [0.1, 0.15) is 30.9 Å². The minimum absolute atomic E-state index is 0. The van der Waals surface area contributed by atoms with E-state index < -0.39 is 5.60 Å². The maximum Gasteiger partial charge on any atom is 0.142 e. The van der Waals surface area contributed by atoms with Crippen molar-refractivity contribution in [1.29, 1.82) is 0 Å². The number of fused-ring (bicyclic) bond motifs is 2. The number of hydrogen-bond donors (Lipinski definition) is 2. The molecule has 1 saturated carbocycles. The molecule has 0 unspecified atom stereocenters. The molecular weight excluding hydrogens is 547 g/mol. The quantitative estimate of drug-likeness (QED) is 0.275. The molecular formula is C31H30N5OY-. The van der Waals surface area contributed by atoms with Gasteiger partial charge in [-0.15, -0.1) is 23.6 Å². The average molecular weight is 578 g/mol. The van der Waals surface area contributed by atoms with Crippen LogP contribution >= 0.6 is 0 Å². The normalized spacial score (nSPS) is 21.2. The Morgan fingerprint density at radius 1 is 1.08 bits per heavy atom. The van der Waals surface area contributed by atoms with Crippen LogP contribution in [0.5, 0.6) is 0 Å². The monoisotopic (exact) mass is 577 g/mol. The molecule has 189 valence electrons. The molecule has 1 aliphatic heterocycles. The Hall–Kier alpha value is -2.64. The summed E-state index contributed by atoms with van der Waals surface area (Å²) in [6.07, 6.45) is 6.66. The molecule has 38 heavy (non-hydrogen) atoms. The first-order valence-corrected chi connectivity index (χ1v) is 13.1. The van der Waals surface area contributed by atoms with Crippen molar-refractivity contribution in [2.75, 3.05) is 25.4 Å². The van der Waals surface area contributed by atoms with Crippen molar-refractivity contribution in [2.24, 2.45) is 0 Å². The first-order valence-electron chi connectivity index (χ1n) is 13.1. The number of likely N-dealkylation sites (tertiary alicyclic amines) is 1. The first kappa shape index (κ1) is 25.6. The van der Waals surface area contributed by atoms with Crippen molar-refractivity contribution in [2.45, 2.75) is 37.8 Å². The summed E-state index contributed by atoms with van der Waals surface area (Å²) in [5.74, 6) is 0. The van der Waals surface area contributed by atoms with E-state index in [1.165, 1.54) is 6.42 Å². The van der Waals surface area contributed by atoms with Gasteiger partial charge in [-0.1, -0.05) is 42.0 Å². The van der Waals surface area contributed by atoms with Crippen LogP contribution in [0.2, 0.25) is 0 Å². The Bertz CT molecular complexity index is 1640. The largest absolute Gasteiger partial charge is 0.398 e. The molecule has 0 amide bonds. The van der Waals surface area contributed by atoms with Gasteiger partial charge in [-0.05, 0) is 67.7 Å². The summed E-state index contributed by atoms with van der Waals surface area (Å²) in [4.78, 5) is 12.1. The Kier molecular flexibility index (Phi) is 6.63. The number of nitrogens with two attached hydrogens (primary N) is 1. The molecule has 4 heterocycles. The molecule has 3 aromatic heterocycles. The predicted molar refractivity (Wildman–Crippen MR) is 148 cm³/mol. The van der Waals surface area contributed by atoms with Crippen LogP contribution in [-0.4, -0.2) is 49.8 Å². The summed E-state index contributed by atoms with van der Waals surface area (Å²) < 4.78 is 2.23. The van der Waals surface area contributed by atoms with Gasteiger partial charge < -0.3 is 25.3 Å². The smallest absolute Gasteiger partial charge is 0.142 e. The van der Waals surface area contributed by atoms with E-state index in [4.69, 9.17) is 15.7 Å². The summed E-state index contributed by atoms with van der Waals surface area (Å²) in [6, 6.07) is 21.9. The minimum atomic E-state index is -0.616. The van der Waals surface area contributed by atoms with Gasteiger partial charge in [-0.2, -0.15) is 0 Å². The number of β-amino-alcohol motifs (C(OH)–C–C–N with tert-alkyl or cyclic N) is 1. The number of nitrogens with zero attached hydrogens (tertiary/aromatic N) is 4. The number of pyridine rings is 2. The summed E-state index contributed by atoms with van der Waals surface area (Å²) in [5, 5.41) is 13.1. The SMILES string of the molecule is Cc1c(-c2cn(C3CC(O)(CN4CCC4)C3)c3nccc(N)c23)ccc2[c-]cc(-c3ccccc3)nc12.[Y]. The minimum Gasteiger partial charge on any atom is -0.398 e. The van der Waals surface area contributed by atoms with E-state index in [9.17, 15) is 5.11 Å². The fourth-order valence-corrected chi connectivity index (χ4v) is 6.09. The standard InChI is InChI=1S/C31H30N5O.Y/c1-20-24(10-8-22-9-11-27(34-29(20)22)21-6-3-2-4-7-21)25-18-36(30-28(25)26(32)12-13-33-30)23-16-31(37,17-23)19-35-14-5-15-35;/h2-4,6-8,10-13,18,23,37H,5,14-17,19H2,1H3,(H2,32,33);/q-1;. The van der Waals surface area contributed by atoms with E-state index in [2.05, 4.69) is 52.9 Å². The second-order valence-corrected chi connectivity index (χ2v) is 10.8. The van der Waals surface area contributed by atoms with Gasteiger partial charge in [0.05, 0.1) is 5.60 Å². The molecule has 2 aromatic carbocycles. The zero-order valence-corrected chi connectivity index (χ0v) is 24.4. The number of anilines is 1. The Balaban J connectivity index is 0.00000264. The molecule has 2 aliphatic rings. The van der Waals surface area contributed by atoms with E-state index >= 15 is 0 Å². The van der Waals surface area contributed by atoms with Crippen LogP contribution in [0.3, 0.4) is 0 Å². The van der Waals surface area contributed by atoms with Crippen LogP contribution in [0, 0.1) is 13.0 Å². The van der Waals surface area contributed by atoms with E-state index in [1.807, 2.05) is 30.3 Å². The molecule has 1 saturated heterocycles. The first-order chi connectivity index (χ1) is 18.0. The molecule has 5 aromatic rings. The van der Waals surface area contributed by atoms with Gasteiger partial charge >= 0.3 is 0 Å². The van der Waals surface area contributed by atoms with Crippen molar-refractivity contribution in [1.82, 2.24) is 19.4 Å². The second-order valence-electron chi connectivity index (χ2n) is 10.8. The number of aliphatic hydroxyl groups is 1. The molecule has 3 N–H and O–H groups in total. The Morgan fingerprint density at radius 3 is 2.61 bits per heavy atom. The number of benzene rings is 2. The topological polar surface area (TPSA) is 80.2 Å². The van der Waals surface area contributed by atoms with E-state index in [1.54, 1.807) is 6.20 Å². The van der Waals surface area contributed by atoms with Gasteiger partial charge in [0.2, 0.25) is 0 Å². The Labute approximate surface area is 247 Å². The molecule has 1 aliphatic carbocycles. The fourth-order valence-electron chi connectivity index (χ4n) is 6.09. The molecule has 6 nitrogen and oxygen atoms in total. The third-order valence-corrected chi connectivity index (χ3v) is 8.22. The van der Waals surface area contributed by atoms with Crippen LogP contribution < -0.4 is 5.73 Å². The maximum atomic E-state index is 11.1. The number of rotatable bonds is 5. The zero-order valence-electron chi connectivity index (χ0n) is 21.6. The van der Waals surface area contributed by atoms with Gasteiger partial charge in [-0.3, -0.25) is 0 Å². The number of aromatic nitrogens is 3. The van der Waals surface area contributed by atoms with Gasteiger partial charge in [0.1, 0.15) is 5.65 Å². The molecule has 0 bridgehead atoms. The summed E-state index contributed by atoms with van der Waals surface area (Å²) in [7, 11) is 0. The fraction of sp³-hybridized carbons (Fsp3) is 0.290. The van der Waals surface area contributed by atoms with Gasteiger partial charge in [-0.25, -0.2) is 4.98 Å². The molecule has 1 radical (unpaired) electrons. The Morgan fingerprint density at radius 2 is 1.87 bits per heavy atom. The molecule has 7 rings (SSSR count). The van der Waals surface area contributed by atoms with Crippen molar-refractivity contribution in [3.05, 3.63) is 78.6 Å². The molecule has 0 spiro atoms. The third-order valence-electron chi connectivity index (χ3n) is 8.22. The van der Waals surface area contributed by atoms with Crippen LogP contribution in [0.25, 0.3) is 44.3 Å². The van der Waals surface area contributed by atoms with Crippen molar-refractivity contribution in [3.63, 3.8) is 0 Å². The van der Waals surface area contributed by atoms with Gasteiger partial charge in [0.25, 0.3) is 0 Å². The van der Waals surface area contributed by atoms with E-state index in [0.717, 1.165) is 82.4 Å². The third kappa shape index (κ3) is 4.28. The molecule has 2 fully saturated rings. The predicted octanol–water partition coefficient (Wildman–Crippen LogP) is 5.38. The maximum absolute atomic E-state index is 11.1. The molecule has 0 atom stereocenters. The zero-order chi connectivity index (χ0) is 25.1. The van der Waals surface area contributed by atoms with Crippen molar-refractivity contribution >= 4 is 27.6 Å². The van der Waals surface area contributed by atoms with E-state index in [0.29, 0.717) is 5.69 Å². The summed E-state index contributed by atoms with van der Waals surface area (Å²) >= 11 is 0. The van der Waals surface area contributed by atoms with Crippen molar-refractivity contribution < 1.29 is 37.8 Å². The number of hydrogen-bond acceptors (Lipinski definition) is 5. The second kappa shape index (κ2) is 9.84. The number of aryl methyl sites for hydroxylation is 1. The van der Waals surface area contributed by atoms with Crippen LogP contribution in [-0.2, 0) is 32.7 Å². The van der Waals surface area contributed by atoms with Crippen molar-refractivity contribution in [3.8, 4) is 22.4 Å². The van der Waals surface area contributed by atoms with Crippen LogP contribution in [0.4, 0.5) is 5.69 Å². The summed E-state index contributed by atoms with van der Waals surface area (Å²) in [6.45, 7) is 5.08. The van der Waals surface area contributed by atoms with Gasteiger partial charge in [0.15, 0.2) is 0 Å². The van der Waals surface area contributed by atoms with Crippen LogP contribution in [0.15, 0.2) is 67.0 Å². The summed E-state index contributed by atoms with van der Waals surface area (Å²) in [5.41, 5.74) is 13.7. The molecule has 7 heteroatoms. The van der Waals surface area contributed by atoms with Gasteiger partial charge in [0, 0.05) is 74.3 Å². The van der Waals surface area contributed by atoms with E-state index in [-0.39, 0.29) is 38.8 Å². The average Bonchev–Trinajstić information content (AvgIpc) is 3.26. The number of nitrogen functional groups attached to an aromatic ring is 1.